The predicted molar refractivity (Wildman–Crippen MR) is 58.6 cm³/mol. The number of hydrogen-bond donors (Lipinski definition) is 2. The van der Waals surface area contributed by atoms with E-state index in [4.69, 9.17) is 0 Å². The fourth-order valence-corrected chi connectivity index (χ4v) is 1.42. The average molecular weight is 267 g/mol. The molecule has 0 bridgehead atoms. The Morgan fingerprint density at radius 1 is 1.53 bits per heavy atom. The summed E-state index contributed by atoms with van der Waals surface area (Å²) in [4.78, 5) is 14.9. The Morgan fingerprint density at radius 3 is 2.82 bits per heavy atom. The summed E-state index contributed by atoms with van der Waals surface area (Å²) >= 11 is 3.87. The average Bonchev–Trinajstić information content (AvgIpc) is 2.60. The van der Waals surface area contributed by atoms with Gasteiger partial charge in [-0.25, -0.2) is 4.98 Å². The van der Waals surface area contributed by atoms with Gasteiger partial charge in [0.25, 0.3) is 0 Å². The number of carbonyl (C=O) groups excluding carboxylic acids is 1. The molecule has 0 spiro atoms. The molecule has 1 aromatic rings. The van der Waals surface area contributed by atoms with Crippen LogP contribution in [0.3, 0.4) is 0 Å². The van der Waals surface area contributed by atoms with Gasteiger partial charge in [-0.05, 0) is 5.75 Å². The van der Waals surface area contributed by atoms with Crippen molar-refractivity contribution in [3.8, 4) is 0 Å². The van der Waals surface area contributed by atoms with Crippen molar-refractivity contribution in [1.29, 1.82) is 0 Å². The highest BCUT2D eigenvalue weighted by atomic mass is 32.1. The molecule has 0 unspecified atom stereocenters. The number of rotatable bonds is 5. The second-order valence-corrected chi connectivity index (χ2v) is 3.78. The molecule has 0 aliphatic heterocycles. The van der Waals surface area contributed by atoms with E-state index in [1.807, 2.05) is 0 Å². The maximum atomic E-state index is 12.2. The van der Waals surface area contributed by atoms with Gasteiger partial charge in [0.1, 0.15) is 12.4 Å². The maximum absolute atomic E-state index is 12.2. The molecular weight excluding hydrogens is 255 g/mol. The van der Waals surface area contributed by atoms with Crippen molar-refractivity contribution in [2.45, 2.75) is 25.7 Å². The fourth-order valence-electron chi connectivity index (χ4n) is 1.21. The van der Waals surface area contributed by atoms with Gasteiger partial charge >= 0.3 is 6.18 Å². The zero-order valence-electron chi connectivity index (χ0n) is 8.87. The van der Waals surface area contributed by atoms with Crippen molar-refractivity contribution in [3.05, 3.63) is 18.2 Å². The van der Waals surface area contributed by atoms with Gasteiger partial charge in [0, 0.05) is 18.8 Å². The number of amides is 1. The minimum absolute atomic E-state index is 0.0182. The standard InChI is InChI=1S/C9H12F3N3OS/c10-9(11,12)6-15-3-2-13-7(15)5-14-8(16)1-4-17/h2-3,17H,1,4-6H2,(H,14,16). The topological polar surface area (TPSA) is 46.9 Å². The van der Waals surface area contributed by atoms with Crippen molar-refractivity contribution in [2.75, 3.05) is 5.75 Å². The van der Waals surface area contributed by atoms with Crippen molar-refractivity contribution >= 4 is 18.5 Å². The smallest absolute Gasteiger partial charge is 0.349 e. The Bertz CT molecular complexity index is 378. The minimum atomic E-state index is -4.30. The molecule has 0 radical (unpaired) electrons. The second-order valence-electron chi connectivity index (χ2n) is 3.34. The van der Waals surface area contributed by atoms with E-state index in [2.05, 4.69) is 22.9 Å². The van der Waals surface area contributed by atoms with E-state index in [1.165, 1.54) is 12.4 Å². The van der Waals surface area contributed by atoms with E-state index in [0.29, 0.717) is 5.75 Å². The second kappa shape index (κ2) is 5.95. The number of thiol groups is 1. The summed E-state index contributed by atoms with van der Waals surface area (Å²) in [6.45, 7) is -1.12. The lowest BCUT2D eigenvalue weighted by molar-refractivity contribution is -0.141. The van der Waals surface area contributed by atoms with Crippen LogP contribution in [0, 0.1) is 0 Å². The Morgan fingerprint density at radius 2 is 2.24 bits per heavy atom. The molecule has 0 saturated carbocycles. The molecule has 0 aliphatic rings. The lowest BCUT2D eigenvalue weighted by Gasteiger charge is -2.11. The van der Waals surface area contributed by atoms with Crippen LogP contribution in [0.2, 0.25) is 0 Å². The number of hydrogen-bond acceptors (Lipinski definition) is 3. The van der Waals surface area contributed by atoms with Gasteiger partial charge in [0.15, 0.2) is 0 Å². The maximum Gasteiger partial charge on any atom is 0.406 e. The van der Waals surface area contributed by atoms with E-state index in [0.717, 1.165) is 4.57 Å². The molecule has 0 aliphatic carbocycles. The number of nitrogens with one attached hydrogen (secondary N) is 1. The van der Waals surface area contributed by atoms with Crippen LogP contribution < -0.4 is 5.32 Å². The first-order chi connectivity index (χ1) is 7.92. The number of alkyl halides is 3. The summed E-state index contributed by atoms with van der Waals surface area (Å²) in [6, 6.07) is 0. The van der Waals surface area contributed by atoms with E-state index in [1.54, 1.807) is 0 Å². The Kier molecular flexibility index (Phi) is 4.86. The van der Waals surface area contributed by atoms with E-state index >= 15 is 0 Å². The molecule has 0 saturated heterocycles. The van der Waals surface area contributed by atoms with Crippen LogP contribution in [0.25, 0.3) is 0 Å². The number of carbonyl (C=O) groups is 1. The largest absolute Gasteiger partial charge is 0.406 e. The third kappa shape index (κ3) is 5.12. The van der Waals surface area contributed by atoms with Gasteiger partial charge in [-0.3, -0.25) is 4.79 Å². The summed E-state index contributed by atoms with van der Waals surface area (Å²) < 4.78 is 37.5. The minimum Gasteiger partial charge on any atom is -0.349 e. The van der Waals surface area contributed by atoms with Crippen molar-refractivity contribution in [3.63, 3.8) is 0 Å². The molecule has 0 atom stereocenters. The monoisotopic (exact) mass is 267 g/mol. The van der Waals surface area contributed by atoms with E-state index < -0.39 is 12.7 Å². The number of nitrogens with zero attached hydrogens (tertiary/aromatic N) is 2. The van der Waals surface area contributed by atoms with Gasteiger partial charge in [-0.1, -0.05) is 0 Å². The van der Waals surface area contributed by atoms with Crippen LogP contribution in [-0.4, -0.2) is 27.4 Å². The van der Waals surface area contributed by atoms with Crippen molar-refractivity contribution < 1.29 is 18.0 Å². The molecule has 17 heavy (non-hydrogen) atoms. The zero-order valence-corrected chi connectivity index (χ0v) is 9.76. The molecular formula is C9H12F3N3OS. The molecule has 1 heterocycles. The van der Waals surface area contributed by atoms with E-state index in [9.17, 15) is 18.0 Å². The fraction of sp³-hybridized carbons (Fsp3) is 0.556. The third-order valence-corrected chi connectivity index (χ3v) is 2.16. The Balaban J connectivity index is 2.54. The van der Waals surface area contributed by atoms with Crippen LogP contribution in [0.15, 0.2) is 12.4 Å². The lowest BCUT2D eigenvalue weighted by atomic mass is 10.4. The highest BCUT2D eigenvalue weighted by molar-refractivity contribution is 7.80. The molecule has 0 fully saturated rings. The molecule has 1 amide bonds. The quantitative estimate of drug-likeness (QED) is 0.792. The van der Waals surface area contributed by atoms with Crippen LogP contribution in [0.1, 0.15) is 12.2 Å². The number of imidazole rings is 1. The number of aromatic nitrogens is 2. The van der Waals surface area contributed by atoms with Crippen molar-refractivity contribution in [1.82, 2.24) is 14.9 Å². The van der Waals surface area contributed by atoms with Gasteiger partial charge in [0.2, 0.25) is 5.91 Å². The normalized spacial score (nSPS) is 11.5. The van der Waals surface area contributed by atoms with Crippen LogP contribution in [-0.2, 0) is 17.9 Å². The Labute approximate surface area is 102 Å². The van der Waals surface area contributed by atoms with Gasteiger partial charge in [-0.15, -0.1) is 0 Å². The van der Waals surface area contributed by atoms with E-state index in [-0.39, 0.29) is 24.7 Å². The molecule has 1 N–H and O–H groups in total. The van der Waals surface area contributed by atoms with Crippen molar-refractivity contribution in [2.24, 2.45) is 0 Å². The predicted octanol–water partition coefficient (Wildman–Crippen LogP) is 1.38. The summed E-state index contributed by atoms with van der Waals surface area (Å²) in [7, 11) is 0. The summed E-state index contributed by atoms with van der Waals surface area (Å²) in [5.41, 5.74) is 0. The first kappa shape index (κ1) is 13.9. The third-order valence-electron chi connectivity index (χ3n) is 1.93. The summed E-state index contributed by atoms with van der Waals surface area (Å²) in [5.74, 6) is 0.305. The first-order valence-electron chi connectivity index (χ1n) is 4.86. The zero-order chi connectivity index (χ0) is 12.9. The molecule has 96 valence electrons. The lowest BCUT2D eigenvalue weighted by Crippen LogP contribution is -2.26. The highest BCUT2D eigenvalue weighted by Crippen LogP contribution is 2.18. The van der Waals surface area contributed by atoms with Crippen LogP contribution in [0.5, 0.6) is 0 Å². The molecule has 4 nitrogen and oxygen atoms in total. The molecule has 0 aromatic carbocycles. The van der Waals surface area contributed by atoms with Crippen LogP contribution in [0.4, 0.5) is 13.2 Å². The molecule has 1 aromatic heterocycles. The van der Waals surface area contributed by atoms with Gasteiger partial charge in [-0.2, -0.15) is 25.8 Å². The Hall–Kier alpha value is -1.18. The van der Waals surface area contributed by atoms with Gasteiger partial charge in [0.05, 0.1) is 6.54 Å². The SMILES string of the molecule is O=C(CCS)NCc1nccn1CC(F)(F)F. The van der Waals surface area contributed by atoms with Crippen LogP contribution >= 0.6 is 12.6 Å². The first-order valence-corrected chi connectivity index (χ1v) is 5.50. The number of halogens is 3. The summed E-state index contributed by atoms with van der Waals surface area (Å²) in [6.07, 6.45) is -1.58. The molecule has 1 rings (SSSR count). The highest BCUT2D eigenvalue weighted by Gasteiger charge is 2.28. The summed E-state index contributed by atoms with van der Waals surface area (Å²) in [5, 5.41) is 2.47. The van der Waals surface area contributed by atoms with Gasteiger partial charge < -0.3 is 9.88 Å². The molecule has 8 heteroatoms.